The average molecular weight is 347 g/mol. The smallest absolute Gasteiger partial charge is 0.258 e. The zero-order valence-corrected chi connectivity index (χ0v) is 13.1. The first-order chi connectivity index (χ1) is 9.41. The van der Waals surface area contributed by atoms with Crippen LogP contribution in [0.15, 0.2) is 16.6 Å². The van der Waals surface area contributed by atoms with Gasteiger partial charge >= 0.3 is 0 Å². The Labute approximate surface area is 125 Å². The van der Waals surface area contributed by atoms with Crippen molar-refractivity contribution in [2.45, 2.75) is 19.9 Å². The summed E-state index contributed by atoms with van der Waals surface area (Å²) in [4.78, 5) is 16.2. The Bertz CT molecular complexity index is 514. The van der Waals surface area contributed by atoms with Crippen LogP contribution in [0.4, 0.5) is 8.78 Å². The summed E-state index contributed by atoms with van der Waals surface area (Å²) in [5.41, 5.74) is -0.219. The maximum Gasteiger partial charge on any atom is 0.258 e. The summed E-state index contributed by atoms with van der Waals surface area (Å²) in [5.74, 6) is -1.79. The van der Waals surface area contributed by atoms with Gasteiger partial charge in [0.2, 0.25) is 0 Å². The first-order valence-corrected chi connectivity index (χ1v) is 7.38. The van der Waals surface area contributed by atoms with Gasteiger partial charge in [-0.05, 0) is 41.9 Å². The SMILES string of the molecule is CC(C)N1CCN(C(=O)c2c(F)ccc(F)c2Br)CC1. The molecule has 0 saturated carbocycles. The standard InChI is InChI=1S/C14H17BrF2N2O/c1-9(2)18-5-7-19(8-6-18)14(20)12-10(16)3-4-11(17)13(12)15/h3-4,9H,5-8H2,1-2H3. The molecule has 0 aromatic heterocycles. The first kappa shape index (κ1) is 15.4. The number of hydrogen-bond acceptors (Lipinski definition) is 2. The van der Waals surface area contributed by atoms with Crippen LogP contribution in [0.3, 0.4) is 0 Å². The van der Waals surface area contributed by atoms with Crippen molar-refractivity contribution >= 4 is 21.8 Å². The predicted molar refractivity (Wildman–Crippen MR) is 76.7 cm³/mol. The van der Waals surface area contributed by atoms with E-state index in [0.29, 0.717) is 19.1 Å². The van der Waals surface area contributed by atoms with Crippen LogP contribution in [-0.2, 0) is 0 Å². The number of amides is 1. The van der Waals surface area contributed by atoms with Crippen LogP contribution in [-0.4, -0.2) is 47.9 Å². The highest BCUT2D eigenvalue weighted by Crippen LogP contribution is 2.25. The third kappa shape index (κ3) is 3.01. The van der Waals surface area contributed by atoms with Crippen LogP contribution in [0.2, 0.25) is 0 Å². The minimum absolute atomic E-state index is 0.103. The molecule has 1 aliphatic rings. The number of hydrogen-bond donors (Lipinski definition) is 0. The van der Waals surface area contributed by atoms with Gasteiger partial charge in [0.05, 0.1) is 10.0 Å². The molecule has 20 heavy (non-hydrogen) atoms. The number of benzene rings is 1. The highest BCUT2D eigenvalue weighted by molar-refractivity contribution is 9.10. The summed E-state index contributed by atoms with van der Waals surface area (Å²) >= 11 is 2.96. The van der Waals surface area contributed by atoms with Gasteiger partial charge in [-0.1, -0.05) is 0 Å². The van der Waals surface area contributed by atoms with Crippen molar-refractivity contribution in [2.24, 2.45) is 0 Å². The molecule has 6 heteroatoms. The number of piperazine rings is 1. The molecule has 1 amide bonds. The zero-order chi connectivity index (χ0) is 14.9. The van der Waals surface area contributed by atoms with Crippen molar-refractivity contribution < 1.29 is 13.6 Å². The molecule has 1 fully saturated rings. The first-order valence-electron chi connectivity index (χ1n) is 6.58. The molecule has 2 rings (SSSR count). The second-order valence-corrected chi connectivity index (χ2v) is 5.93. The number of nitrogens with zero attached hydrogens (tertiary/aromatic N) is 2. The fraction of sp³-hybridized carbons (Fsp3) is 0.500. The minimum atomic E-state index is -0.699. The van der Waals surface area contributed by atoms with E-state index >= 15 is 0 Å². The van der Waals surface area contributed by atoms with Gasteiger partial charge in [-0.3, -0.25) is 9.69 Å². The Morgan fingerprint density at radius 2 is 1.70 bits per heavy atom. The van der Waals surface area contributed by atoms with Crippen molar-refractivity contribution in [1.29, 1.82) is 0 Å². The lowest BCUT2D eigenvalue weighted by molar-refractivity contribution is 0.0589. The summed E-state index contributed by atoms with van der Waals surface area (Å²) in [7, 11) is 0. The van der Waals surface area contributed by atoms with Crippen molar-refractivity contribution in [3.05, 3.63) is 33.8 Å². The molecule has 1 aliphatic heterocycles. The Morgan fingerprint density at radius 1 is 1.15 bits per heavy atom. The van der Waals surface area contributed by atoms with E-state index < -0.39 is 17.5 Å². The van der Waals surface area contributed by atoms with E-state index in [1.54, 1.807) is 4.90 Å². The van der Waals surface area contributed by atoms with E-state index in [4.69, 9.17) is 0 Å². The maximum atomic E-state index is 13.8. The normalized spacial score (nSPS) is 16.8. The van der Waals surface area contributed by atoms with Crippen LogP contribution in [0, 0.1) is 11.6 Å². The summed E-state index contributed by atoms with van der Waals surface area (Å²) in [6, 6.07) is 2.41. The van der Waals surface area contributed by atoms with E-state index in [1.165, 1.54) is 0 Å². The van der Waals surface area contributed by atoms with Gasteiger partial charge in [0.15, 0.2) is 0 Å². The average Bonchev–Trinajstić information content (AvgIpc) is 2.43. The van der Waals surface area contributed by atoms with Crippen molar-refractivity contribution in [1.82, 2.24) is 9.80 Å². The molecule has 1 saturated heterocycles. The number of halogens is 3. The molecule has 0 atom stereocenters. The van der Waals surface area contributed by atoms with E-state index in [9.17, 15) is 13.6 Å². The fourth-order valence-electron chi connectivity index (χ4n) is 2.32. The van der Waals surface area contributed by atoms with Gasteiger partial charge < -0.3 is 4.90 Å². The summed E-state index contributed by atoms with van der Waals surface area (Å²) < 4.78 is 27.1. The molecule has 0 radical (unpaired) electrons. The fourth-order valence-corrected chi connectivity index (χ4v) is 2.81. The molecule has 0 bridgehead atoms. The molecular formula is C14H17BrF2N2O. The van der Waals surface area contributed by atoms with Crippen molar-refractivity contribution in [2.75, 3.05) is 26.2 Å². The number of carbonyl (C=O) groups excluding carboxylic acids is 1. The third-order valence-corrected chi connectivity index (χ3v) is 4.36. The molecule has 110 valence electrons. The Balaban J connectivity index is 2.16. The molecular weight excluding hydrogens is 330 g/mol. The molecule has 3 nitrogen and oxygen atoms in total. The minimum Gasteiger partial charge on any atom is -0.336 e. The molecule has 1 aromatic rings. The van der Waals surface area contributed by atoms with Gasteiger partial charge in [0.25, 0.3) is 5.91 Å². The predicted octanol–water partition coefficient (Wildman–Crippen LogP) is 2.89. The quantitative estimate of drug-likeness (QED) is 0.768. The van der Waals surface area contributed by atoms with Gasteiger partial charge in [-0.15, -0.1) is 0 Å². The molecule has 0 aliphatic carbocycles. The van der Waals surface area contributed by atoms with Crippen molar-refractivity contribution in [3.8, 4) is 0 Å². The van der Waals surface area contributed by atoms with Crippen LogP contribution < -0.4 is 0 Å². The lowest BCUT2D eigenvalue weighted by Crippen LogP contribution is -2.50. The van der Waals surface area contributed by atoms with E-state index in [2.05, 4.69) is 34.7 Å². The van der Waals surface area contributed by atoms with E-state index in [-0.39, 0.29) is 10.0 Å². The van der Waals surface area contributed by atoms with E-state index in [0.717, 1.165) is 25.2 Å². The highest BCUT2D eigenvalue weighted by Gasteiger charge is 2.27. The van der Waals surface area contributed by atoms with Gasteiger partial charge in [0.1, 0.15) is 11.6 Å². The summed E-state index contributed by atoms with van der Waals surface area (Å²) in [6.45, 7) is 6.75. The summed E-state index contributed by atoms with van der Waals surface area (Å²) in [5, 5.41) is 0. The molecule has 0 N–H and O–H groups in total. The molecule has 0 spiro atoms. The largest absolute Gasteiger partial charge is 0.336 e. The zero-order valence-electron chi connectivity index (χ0n) is 11.5. The number of carbonyl (C=O) groups is 1. The third-order valence-electron chi connectivity index (χ3n) is 3.59. The van der Waals surface area contributed by atoms with Crippen LogP contribution in [0.25, 0.3) is 0 Å². The van der Waals surface area contributed by atoms with Gasteiger partial charge in [-0.25, -0.2) is 8.78 Å². The lowest BCUT2D eigenvalue weighted by Gasteiger charge is -2.37. The summed E-state index contributed by atoms with van der Waals surface area (Å²) in [6.07, 6.45) is 0. The highest BCUT2D eigenvalue weighted by atomic mass is 79.9. The van der Waals surface area contributed by atoms with E-state index in [1.807, 2.05) is 0 Å². The maximum absolute atomic E-state index is 13.8. The van der Waals surface area contributed by atoms with Crippen LogP contribution >= 0.6 is 15.9 Å². The number of rotatable bonds is 2. The second kappa shape index (κ2) is 6.18. The van der Waals surface area contributed by atoms with Gasteiger partial charge in [-0.2, -0.15) is 0 Å². The topological polar surface area (TPSA) is 23.6 Å². The monoisotopic (exact) mass is 346 g/mol. The molecule has 1 heterocycles. The Morgan fingerprint density at radius 3 is 2.25 bits per heavy atom. The molecule has 1 aromatic carbocycles. The van der Waals surface area contributed by atoms with Crippen LogP contribution in [0.5, 0.6) is 0 Å². The molecule has 0 unspecified atom stereocenters. The second-order valence-electron chi connectivity index (χ2n) is 5.14. The Kier molecular flexibility index (Phi) is 4.75. The lowest BCUT2D eigenvalue weighted by atomic mass is 10.1. The Hall–Kier alpha value is -1.01. The van der Waals surface area contributed by atoms with Gasteiger partial charge in [0, 0.05) is 32.2 Å². The van der Waals surface area contributed by atoms with Crippen molar-refractivity contribution in [3.63, 3.8) is 0 Å². The van der Waals surface area contributed by atoms with Crippen LogP contribution in [0.1, 0.15) is 24.2 Å².